The first kappa shape index (κ1) is 13.2. The molecular formula is C15H17N3O. The third kappa shape index (κ3) is 3.16. The Kier molecular flexibility index (Phi) is 3.60. The average molecular weight is 255 g/mol. The summed E-state index contributed by atoms with van der Waals surface area (Å²) in [7, 11) is 0. The van der Waals surface area contributed by atoms with Crippen molar-refractivity contribution in [1.29, 1.82) is 0 Å². The predicted molar refractivity (Wildman–Crippen MR) is 75.1 cm³/mol. The van der Waals surface area contributed by atoms with Gasteiger partial charge in [0.05, 0.1) is 0 Å². The Labute approximate surface area is 112 Å². The first-order chi connectivity index (χ1) is 8.98. The number of carbonyl (C=O) groups excluding carboxylic acids is 1. The highest BCUT2D eigenvalue weighted by molar-refractivity contribution is 6.21. The van der Waals surface area contributed by atoms with E-state index in [0.717, 1.165) is 5.56 Å². The molecule has 1 aromatic heterocycles. The molecule has 0 N–H and O–H groups in total. The summed E-state index contributed by atoms with van der Waals surface area (Å²) in [6, 6.07) is 9.72. The van der Waals surface area contributed by atoms with Crippen molar-refractivity contribution in [2.24, 2.45) is 5.41 Å². The molecule has 0 amide bonds. The van der Waals surface area contributed by atoms with Crippen molar-refractivity contribution in [3.63, 3.8) is 0 Å². The quantitative estimate of drug-likeness (QED) is 0.792. The molecule has 0 saturated heterocycles. The van der Waals surface area contributed by atoms with E-state index < -0.39 is 5.41 Å². The normalized spacial score (nSPS) is 12.5. The highest BCUT2D eigenvalue weighted by Crippen LogP contribution is 2.23. The molecule has 0 aliphatic heterocycles. The molecule has 1 heterocycles. The van der Waals surface area contributed by atoms with E-state index in [9.17, 15) is 4.79 Å². The molecule has 0 atom stereocenters. The number of nitrogens with zero attached hydrogens (tertiary/aromatic N) is 3. The minimum absolute atomic E-state index is 0.0295. The van der Waals surface area contributed by atoms with Gasteiger partial charge in [-0.2, -0.15) is 5.10 Å². The Balaban J connectivity index is 2.47. The fraction of sp³-hybridized carbons (Fsp3) is 0.267. The largest absolute Gasteiger partial charge is 0.292 e. The zero-order chi connectivity index (χ0) is 13.9. The van der Waals surface area contributed by atoms with Gasteiger partial charge in [0.25, 0.3) is 0 Å². The zero-order valence-corrected chi connectivity index (χ0v) is 11.4. The lowest BCUT2D eigenvalue weighted by Gasteiger charge is -2.18. The maximum Gasteiger partial charge on any atom is 0.186 e. The summed E-state index contributed by atoms with van der Waals surface area (Å²) in [5, 5.41) is 4.06. The molecule has 1 aromatic carbocycles. The molecule has 0 unspecified atom stereocenters. The average Bonchev–Trinajstić information content (AvgIpc) is 2.89. The summed E-state index contributed by atoms with van der Waals surface area (Å²) >= 11 is 0. The summed E-state index contributed by atoms with van der Waals surface area (Å²) in [5.74, 6) is 0.0295. The lowest BCUT2D eigenvalue weighted by atomic mass is 9.88. The van der Waals surface area contributed by atoms with Crippen LogP contribution in [0, 0.1) is 5.41 Å². The van der Waals surface area contributed by atoms with Crippen molar-refractivity contribution < 1.29 is 4.79 Å². The van der Waals surface area contributed by atoms with Gasteiger partial charge in [-0.3, -0.25) is 4.79 Å². The SMILES string of the molecule is CC(C)(C)C(=O)/C(=C\c1ccccc1)n1cncn1. The van der Waals surface area contributed by atoms with Crippen LogP contribution in [-0.2, 0) is 4.79 Å². The molecule has 0 radical (unpaired) electrons. The fourth-order valence-corrected chi connectivity index (χ4v) is 1.66. The molecule has 0 fully saturated rings. The van der Waals surface area contributed by atoms with Crippen LogP contribution in [-0.4, -0.2) is 20.5 Å². The fourth-order valence-electron chi connectivity index (χ4n) is 1.66. The van der Waals surface area contributed by atoms with Gasteiger partial charge in [-0.05, 0) is 11.6 Å². The van der Waals surface area contributed by atoms with Gasteiger partial charge in [-0.1, -0.05) is 51.1 Å². The van der Waals surface area contributed by atoms with Crippen molar-refractivity contribution in [3.8, 4) is 0 Å². The van der Waals surface area contributed by atoms with Gasteiger partial charge in [0.15, 0.2) is 5.78 Å². The number of rotatable bonds is 3. The van der Waals surface area contributed by atoms with Crippen molar-refractivity contribution in [2.45, 2.75) is 20.8 Å². The number of benzene rings is 1. The van der Waals surface area contributed by atoms with Crippen molar-refractivity contribution in [2.75, 3.05) is 0 Å². The lowest BCUT2D eigenvalue weighted by molar-refractivity contribution is -0.120. The number of hydrogen-bond donors (Lipinski definition) is 0. The van der Waals surface area contributed by atoms with E-state index in [1.807, 2.05) is 57.2 Å². The van der Waals surface area contributed by atoms with E-state index >= 15 is 0 Å². The van der Waals surface area contributed by atoms with Crippen LogP contribution in [0.4, 0.5) is 0 Å². The van der Waals surface area contributed by atoms with Gasteiger partial charge >= 0.3 is 0 Å². The molecule has 2 rings (SSSR count). The third-order valence-electron chi connectivity index (χ3n) is 2.68. The van der Waals surface area contributed by atoms with Gasteiger partial charge in [0.1, 0.15) is 18.4 Å². The predicted octanol–water partition coefficient (Wildman–Crippen LogP) is 2.89. The van der Waals surface area contributed by atoms with Crippen LogP contribution >= 0.6 is 0 Å². The van der Waals surface area contributed by atoms with E-state index in [0.29, 0.717) is 5.70 Å². The Morgan fingerprint density at radius 1 is 1.21 bits per heavy atom. The standard InChI is InChI=1S/C15H17N3O/c1-15(2,3)14(19)13(18-11-16-10-17-18)9-12-7-5-4-6-8-12/h4-11H,1-3H3/b13-9+. The second-order valence-electron chi connectivity index (χ2n) is 5.36. The summed E-state index contributed by atoms with van der Waals surface area (Å²) in [6.07, 6.45) is 4.80. The molecule has 19 heavy (non-hydrogen) atoms. The molecule has 4 heteroatoms. The Morgan fingerprint density at radius 2 is 1.89 bits per heavy atom. The first-order valence-corrected chi connectivity index (χ1v) is 6.15. The van der Waals surface area contributed by atoms with Crippen molar-refractivity contribution in [1.82, 2.24) is 14.8 Å². The minimum Gasteiger partial charge on any atom is -0.292 e. The highest BCUT2D eigenvalue weighted by atomic mass is 16.1. The van der Waals surface area contributed by atoms with Gasteiger partial charge in [0, 0.05) is 5.41 Å². The number of hydrogen-bond acceptors (Lipinski definition) is 3. The van der Waals surface area contributed by atoms with Gasteiger partial charge < -0.3 is 0 Å². The summed E-state index contributed by atoms with van der Waals surface area (Å²) in [4.78, 5) is 16.4. The first-order valence-electron chi connectivity index (χ1n) is 6.15. The van der Waals surface area contributed by atoms with Crippen LogP contribution in [0.1, 0.15) is 26.3 Å². The van der Waals surface area contributed by atoms with E-state index in [1.54, 1.807) is 6.33 Å². The van der Waals surface area contributed by atoms with Crippen LogP contribution in [0.25, 0.3) is 11.8 Å². The monoisotopic (exact) mass is 255 g/mol. The summed E-state index contributed by atoms with van der Waals surface area (Å²) < 4.78 is 1.51. The van der Waals surface area contributed by atoms with Crippen molar-refractivity contribution in [3.05, 3.63) is 48.5 Å². The zero-order valence-electron chi connectivity index (χ0n) is 11.4. The molecular weight excluding hydrogens is 238 g/mol. The molecule has 0 aliphatic rings. The second-order valence-corrected chi connectivity index (χ2v) is 5.36. The van der Waals surface area contributed by atoms with Crippen LogP contribution in [0.2, 0.25) is 0 Å². The highest BCUT2D eigenvalue weighted by Gasteiger charge is 2.26. The summed E-state index contributed by atoms with van der Waals surface area (Å²) in [6.45, 7) is 5.68. The Bertz CT molecular complexity index is 578. The van der Waals surface area contributed by atoms with Gasteiger partial charge in [-0.15, -0.1) is 0 Å². The minimum atomic E-state index is -0.466. The van der Waals surface area contributed by atoms with E-state index in [1.165, 1.54) is 11.0 Å². The van der Waals surface area contributed by atoms with Gasteiger partial charge in [0.2, 0.25) is 0 Å². The lowest BCUT2D eigenvalue weighted by Crippen LogP contribution is -2.24. The maximum absolute atomic E-state index is 12.5. The number of aromatic nitrogens is 3. The Morgan fingerprint density at radius 3 is 2.42 bits per heavy atom. The topological polar surface area (TPSA) is 47.8 Å². The molecule has 98 valence electrons. The van der Waals surface area contributed by atoms with E-state index in [-0.39, 0.29) is 5.78 Å². The molecule has 0 aliphatic carbocycles. The number of ketones is 1. The van der Waals surface area contributed by atoms with Crippen molar-refractivity contribution >= 4 is 17.6 Å². The number of Topliss-reactive ketones (excluding diaryl/α,β-unsaturated/α-hetero) is 1. The maximum atomic E-state index is 12.5. The molecule has 4 nitrogen and oxygen atoms in total. The van der Waals surface area contributed by atoms with E-state index in [2.05, 4.69) is 10.1 Å². The molecule has 0 saturated carbocycles. The van der Waals surface area contributed by atoms with E-state index in [4.69, 9.17) is 0 Å². The smallest absolute Gasteiger partial charge is 0.186 e. The Hall–Kier alpha value is -2.23. The third-order valence-corrected chi connectivity index (χ3v) is 2.68. The van der Waals surface area contributed by atoms with Gasteiger partial charge in [-0.25, -0.2) is 9.67 Å². The summed E-state index contributed by atoms with van der Waals surface area (Å²) in [5.41, 5.74) is 1.02. The number of allylic oxidation sites excluding steroid dienone is 1. The van der Waals surface area contributed by atoms with Crippen LogP contribution in [0.5, 0.6) is 0 Å². The second kappa shape index (κ2) is 5.18. The molecule has 0 bridgehead atoms. The molecule has 2 aromatic rings. The molecule has 0 spiro atoms. The number of carbonyl (C=O) groups is 1. The van der Waals surface area contributed by atoms with Crippen LogP contribution in [0.3, 0.4) is 0 Å². The van der Waals surface area contributed by atoms with Crippen LogP contribution < -0.4 is 0 Å². The van der Waals surface area contributed by atoms with Crippen LogP contribution in [0.15, 0.2) is 43.0 Å².